The van der Waals surface area contributed by atoms with Crippen molar-refractivity contribution in [1.29, 1.82) is 0 Å². The molecule has 4 amide bonds. The Morgan fingerprint density at radius 3 is 2.94 bits per heavy atom. The summed E-state index contributed by atoms with van der Waals surface area (Å²) in [5, 5.41) is 4.88. The van der Waals surface area contributed by atoms with E-state index in [-0.39, 0.29) is 19.6 Å². The maximum atomic E-state index is 11.5. The Bertz CT molecular complexity index is 424. The standard InChI is InChI=1S/C10H11N3O4/c14-8(11-4-7-2-1-3-17-7)6-13-9(15)5-12-10(13)16/h1-3H,4-6H2,(H,11,14)(H,12,16). The molecule has 0 aliphatic carbocycles. The van der Waals surface area contributed by atoms with Crippen LogP contribution >= 0.6 is 0 Å². The Balaban J connectivity index is 1.81. The Labute approximate surface area is 96.8 Å². The van der Waals surface area contributed by atoms with Crippen molar-refractivity contribution in [2.75, 3.05) is 13.1 Å². The molecule has 1 aromatic rings. The molecule has 0 radical (unpaired) electrons. The monoisotopic (exact) mass is 237 g/mol. The molecule has 1 fully saturated rings. The smallest absolute Gasteiger partial charge is 0.325 e. The van der Waals surface area contributed by atoms with E-state index in [1.165, 1.54) is 6.26 Å². The van der Waals surface area contributed by atoms with Gasteiger partial charge in [0.1, 0.15) is 12.3 Å². The van der Waals surface area contributed by atoms with Gasteiger partial charge in [-0.15, -0.1) is 0 Å². The second kappa shape index (κ2) is 4.69. The van der Waals surface area contributed by atoms with Crippen molar-refractivity contribution in [2.45, 2.75) is 6.54 Å². The fourth-order valence-electron chi connectivity index (χ4n) is 1.41. The molecule has 2 heterocycles. The first-order chi connectivity index (χ1) is 8.16. The molecule has 0 saturated carbocycles. The van der Waals surface area contributed by atoms with Gasteiger partial charge in [-0.3, -0.25) is 14.5 Å². The summed E-state index contributed by atoms with van der Waals surface area (Å²) < 4.78 is 5.02. The van der Waals surface area contributed by atoms with Crippen molar-refractivity contribution in [1.82, 2.24) is 15.5 Å². The number of imide groups is 1. The average Bonchev–Trinajstić information content (AvgIpc) is 2.91. The van der Waals surface area contributed by atoms with E-state index in [1.54, 1.807) is 12.1 Å². The quantitative estimate of drug-likeness (QED) is 0.687. The molecule has 0 bridgehead atoms. The lowest BCUT2D eigenvalue weighted by Gasteiger charge is -2.11. The van der Waals surface area contributed by atoms with Gasteiger partial charge in [-0.1, -0.05) is 0 Å². The molecule has 17 heavy (non-hydrogen) atoms. The molecule has 1 saturated heterocycles. The van der Waals surface area contributed by atoms with E-state index in [2.05, 4.69) is 10.6 Å². The number of nitrogens with zero attached hydrogens (tertiary/aromatic N) is 1. The number of nitrogens with one attached hydrogen (secondary N) is 2. The number of amides is 4. The van der Waals surface area contributed by atoms with Crippen molar-refractivity contribution in [3.05, 3.63) is 24.2 Å². The van der Waals surface area contributed by atoms with Gasteiger partial charge in [0, 0.05) is 0 Å². The van der Waals surface area contributed by atoms with Crippen molar-refractivity contribution in [2.24, 2.45) is 0 Å². The second-order valence-electron chi connectivity index (χ2n) is 3.49. The molecule has 2 rings (SSSR count). The number of hydrogen-bond acceptors (Lipinski definition) is 4. The van der Waals surface area contributed by atoms with Crippen molar-refractivity contribution in [3.8, 4) is 0 Å². The van der Waals surface area contributed by atoms with Crippen LogP contribution in [0.25, 0.3) is 0 Å². The third kappa shape index (κ3) is 2.63. The van der Waals surface area contributed by atoms with E-state index < -0.39 is 17.8 Å². The molecule has 7 heteroatoms. The summed E-state index contributed by atoms with van der Waals surface area (Å²) in [6.07, 6.45) is 1.50. The van der Waals surface area contributed by atoms with E-state index in [0.717, 1.165) is 4.90 Å². The van der Waals surface area contributed by atoms with E-state index in [1.807, 2.05) is 0 Å². The highest BCUT2D eigenvalue weighted by Crippen LogP contribution is 2.00. The first-order valence-electron chi connectivity index (χ1n) is 5.04. The highest BCUT2D eigenvalue weighted by molar-refractivity contribution is 6.04. The van der Waals surface area contributed by atoms with E-state index in [0.29, 0.717) is 5.76 Å². The number of furan rings is 1. The highest BCUT2D eigenvalue weighted by atomic mass is 16.3. The van der Waals surface area contributed by atoms with Gasteiger partial charge in [-0.2, -0.15) is 0 Å². The molecular formula is C10H11N3O4. The zero-order chi connectivity index (χ0) is 12.3. The van der Waals surface area contributed by atoms with E-state index in [9.17, 15) is 14.4 Å². The summed E-state index contributed by atoms with van der Waals surface area (Å²) in [5.74, 6) is -0.203. The lowest BCUT2D eigenvalue weighted by Crippen LogP contribution is -2.40. The molecule has 0 unspecified atom stereocenters. The Morgan fingerprint density at radius 1 is 1.53 bits per heavy atom. The predicted molar refractivity (Wildman–Crippen MR) is 55.7 cm³/mol. The predicted octanol–water partition coefficient (Wildman–Crippen LogP) is -0.552. The zero-order valence-corrected chi connectivity index (χ0v) is 8.93. The topological polar surface area (TPSA) is 91.7 Å². The molecule has 0 spiro atoms. The highest BCUT2D eigenvalue weighted by Gasteiger charge is 2.29. The van der Waals surface area contributed by atoms with Gasteiger partial charge in [-0.25, -0.2) is 4.79 Å². The second-order valence-corrected chi connectivity index (χ2v) is 3.49. The summed E-state index contributed by atoms with van der Waals surface area (Å²) in [6, 6.07) is 2.88. The lowest BCUT2D eigenvalue weighted by molar-refractivity contribution is -0.130. The zero-order valence-electron chi connectivity index (χ0n) is 8.93. The van der Waals surface area contributed by atoms with Crippen LogP contribution in [0.4, 0.5) is 4.79 Å². The van der Waals surface area contributed by atoms with Crippen LogP contribution in [0.5, 0.6) is 0 Å². The number of hydrogen-bond donors (Lipinski definition) is 2. The van der Waals surface area contributed by atoms with Gasteiger partial charge < -0.3 is 15.1 Å². The van der Waals surface area contributed by atoms with Gasteiger partial charge in [0.25, 0.3) is 5.91 Å². The van der Waals surface area contributed by atoms with Crippen LogP contribution in [0, 0.1) is 0 Å². The van der Waals surface area contributed by atoms with Crippen LogP contribution in [0.1, 0.15) is 5.76 Å². The third-order valence-corrected chi connectivity index (χ3v) is 2.28. The SMILES string of the molecule is O=C(CN1C(=O)CNC1=O)NCc1ccco1. The van der Waals surface area contributed by atoms with Crippen LogP contribution < -0.4 is 10.6 Å². The van der Waals surface area contributed by atoms with E-state index >= 15 is 0 Å². The first kappa shape index (κ1) is 11.2. The molecular weight excluding hydrogens is 226 g/mol. The largest absolute Gasteiger partial charge is 0.467 e. The molecule has 1 aromatic heterocycles. The number of rotatable bonds is 4. The van der Waals surface area contributed by atoms with E-state index in [4.69, 9.17) is 4.42 Å². The molecule has 7 nitrogen and oxygen atoms in total. The fraction of sp³-hybridized carbons (Fsp3) is 0.300. The molecule has 0 atom stereocenters. The van der Waals surface area contributed by atoms with Crippen LogP contribution in [-0.4, -0.2) is 35.8 Å². The lowest BCUT2D eigenvalue weighted by atomic mass is 10.4. The van der Waals surface area contributed by atoms with Crippen LogP contribution in [0.2, 0.25) is 0 Å². The van der Waals surface area contributed by atoms with Crippen LogP contribution in [0.3, 0.4) is 0 Å². The fourth-order valence-corrected chi connectivity index (χ4v) is 1.41. The van der Waals surface area contributed by atoms with Gasteiger partial charge in [0.05, 0.1) is 19.4 Å². The van der Waals surface area contributed by atoms with Crippen molar-refractivity contribution in [3.63, 3.8) is 0 Å². The Morgan fingerprint density at radius 2 is 2.35 bits per heavy atom. The van der Waals surface area contributed by atoms with Crippen LogP contribution in [-0.2, 0) is 16.1 Å². The molecule has 90 valence electrons. The normalized spacial score (nSPS) is 14.9. The average molecular weight is 237 g/mol. The summed E-state index contributed by atoms with van der Waals surface area (Å²) in [6.45, 7) is -0.0921. The van der Waals surface area contributed by atoms with Crippen molar-refractivity contribution < 1.29 is 18.8 Å². The summed E-state index contributed by atoms with van der Waals surface area (Å²) in [4.78, 5) is 34.7. The molecule has 1 aliphatic heterocycles. The summed E-state index contributed by atoms with van der Waals surface area (Å²) in [7, 11) is 0. The summed E-state index contributed by atoms with van der Waals surface area (Å²) in [5.41, 5.74) is 0. The summed E-state index contributed by atoms with van der Waals surface area (Å²) >= 11 is 0. The van der Waals surface area contributed by atoms with Gasteiger partial charge in [-0.05, 0) is 12.1 Å². The minimum atomic E-state index is -0.539. The molecule has 0 aromatic carbocycles. The Kier molecular flexibility index (Phi) is 3.08. The third-order valence-electron chi connectivity index (χ3n) is 2.28. The van der Waals surface area contributed by atoms with Crippen molar-refractivity contribution >= 4 is 17.8 Å². The Hall–Kier alpha value is -2.31. The molecule has 1 aliphatic rings. The van der Waals surface area contributed by atoms with Gasteiger partial charge in [0.2, 0.25) is 5.91 Å². The minimum Gasteiger partial charge on any atom is -0.467 e. The van der Waals surface area contributed by atoms with Gasteiger partial charge in [0.15, 0.2) is 0 Å². The number of carbonyl (C=O) groups is 3. The maximum absolute atomic E-state index is 11.5. The van der Waals surface area contributed by atoms with Crippen LogP contribution in [0.15, 0.2) is 22.8 Å². The maximum Gasteiger partial charge on any atom is 0.325 e. The number of urea groups is 1. The minimum absolute atomic E-state index is 0.0513. The molecule has 2 N–H and O–H groups in total. The van der Waals surface area contributed by atoms with Gasteiger partial charge >= 0.3 is 6.03 Å². The first-order valence-corrected chi connectivity index (χ1v) is 5.04. The number of carbonyl (C=O) groups excluding carboxylic acids is 3.